The molecule has 2 atom stereocenters. The molecule has 0 amide bonds. The fourth-order valence-electron chi connectivity index (χ4n) is 3.08. The number of rotatable bonds is 4. The van der Waals surface area contributed by atoms with E-state index in [0.717, 1.165) is 51.9 Å². The highest BCUT2D eigenvalue weighted by molar-refractivity contribution is 4.93. The first-order valence-corrected chi connectivity index (χ1v) is 6.58. The zero-order valence-electron chi connectivity index (χ0n) is 10.5. The summed E-state index contributed by atoms with van der Waals surface area (Å²) >= 11 is 0. The summed E-state index contributed by atoms with van der Waals surface area (Å²) in [5, 5.41) is 0. The largest absolute Gasteiger partial charge is 0.381 e. The number of hydrogen-bond donors (Lipinski definition) is 2. The standard InChI is InChI=1S/C13H24N2O2/c1-2-3-12(15-14)11-4-7-17-13(10-11)5-8-16-9-6-13/h2,11-12,15H,1,3-10,14H2. The highest BCUT2D eigenvalue weighted by Crippen LogP contribution is 2.38. The molecule has 0 bridgehead atoms. The number of hydrazine groups is 1. The Morgan fingerprint density at radius 3 is 2.82 bits per heavy atom. The maximum absolute atomic E-state index is 6.04. The number of nitrogens with two attached hydrogens (primary N) is 1. The van der Waals surface area contributed by atoms with E-state index in [-0.39, 0.29) is 5.60 Å². The van der Waals surface area contributed by atoms with Crippen LogP contribution in [0.15, 0.2) is 12.7 Å². The van der Waals surface area contributed by atoms with Crippen LogP contribution < -0.4 is 11.3 Å². The van der Waals surface area contributed by atoms with Gasteiger partial charge in [-0.1, -0.05) is 6.08 Å². The second-order valence-electron chi connectivity index (χ2n) is 5.19. The SMILES string of the molecule is C=CCC(NN)C1CCOC2(CCOCC2)C1. The molecular weight excluding hydrogens is 216 g/mol. The summed E-state index contributed by atoms with van der Waals surface area (Å²) in [7, 11) is 0. The van der Waals surface area contributed by atoms with E-state index in [2.05, 4.69) is 12.0 Å². The predicted octanol–water partition coefficient (Wildman–Crippen LogP) is 1.37. The van der Waals surface area contributed by atoms with Gasteiger partial charge in [0.1, 0.15) is 0 Å². The van der Waals surface area contributed by atoms with Gasteiger partial charge in [-0.25, -0.2) is 0 Å². The number of ether oxygens (including phenoxy) is 2. The normalized spacial score (nSPS) is 30.1. The molecule has 4 heteroatoms. The van der Waals surface area contributed by atoms with Crippen LogP contribution in [0.5, 0.6) is 0 Å². The van der Waals surface area contributed by atoms with Crippen LogP contribution in [-0.2, 0) is 9.47 Å². The molecule has 2 rings (SSSR count). The van der Waals surface area contributed by atoms with Gasteiger partial charge in [0.2, 0.25) is 0 Å². The van der Waals surface area contributed by atoms with Crippen molar-refractivity contribution in [1.29, 1.82) is 0 Å². The van der Waals surface area contributed by atoms with Crippen molar-refractivity contribution in [3.8, 4) is 0 Å². The molecular formula is C13H24N2O2. The molecule has 0 saturated carbocycles. The van der Waals surface area contributed by atoms with Crippen molar-refractivity contribution in [3.63, 3.8) is 0 Å². The highest BCUT2D eigenvalue weighted by atomic mass is 16.5. The van der Waals surface area contributed by atoms with Crippen LogP contribution in [0.25, 0.3) is 0 Å². The van der Waals surface area contributed by atoms with Crippen molar-refractivity contribution in [1.82, 2.24) is 5.43 Å². The maximum Gasteiger partial charge on any atom is 0.0729 e. The quantitative estimate of drug-likeness (QED) is 0.443. The molecule has 98 valence electrons. The summed E-state index contributed by atoms with van der Waals surface area (Å²) in [6.45, 7) is 6.30. The van der Waals surface area contributed by atoms with Crippen molar-refractivity contribution in [3.05, 3.63) is 12.7 Å². The molecule has 0 aromatic heterocycles. The smallest absolute Gasteiger partial charge is 0.0729 e. The van der Waals surface area contributed by atoms with E-state index in [0.29, 0.717) is 12.0 Å². The summed E-state index contributed by atoms with van der Waals surface area (Å²) in [5.74, 6) is 6.23. The zero-order valence-corrected chi connectivity index (χ0v) is 10.5. The Bertz CT molecular complexity index is 246. The van der Waals surface area contributed by atoms with E-state index in [9.17, 15) is 0 Å². The van der Waals surface area contributed by atoms with Crippen molar-refractivity contribution in [2.24, 2.45) is 11.8 Å². The molecule has 1 spiro atoms. The van der Waals surface area contributed by atoms with Crippen LogP contribution in [0, 0.1) is 5.92 Å². The Labute approximate surface area is 104 Å². The van der Waals surface area contributed by atoms with Gasteiger partial charge in [-0.15, -0.1) is 6.58 Å². The molecule has 2 unspecified atom stereocenters. The van der Waals surface area contributed by atoms with Crippen LogP contribution >= 0.6 is 0 Å². The van der Waals surface area contributed by atoms with E-state index in [1.807, 2.05) is 6.08 Å². The van der Waals surface area contributed by atoms with Gasteiger partial charge in [-0.2, -0.15) is 0 Å². The molecule has 3 N–H and O–H groups in total. The molecule has 4 nitrogen and oxygen atoms in total. The molecule has 0 radical (unpaired) electrons. The molecule has 17 heavy (non-hydrogen) atoms. The molecule has 2 saturated heterocycles. The zero-order chi connectivity index (χ0) is 12.1. The summed E-state index contributed by atoms with van der Waals surface area (Å²) in [6.07, 6.45) is 7.10. The van der Waals surface area contributed by atoms with Crippen molar-refractivity contribution in [2.75, 3.05) is 19.8 Å². The minimum atomic E-state index is 0.0530. The van der Waals surface area contributed by atoms with Gasteiger partial charge in [-0.05, 0) is 38.0 Å². The Balaban J connectivity index is 1.97. The van der Waals surface area contributed by atoms with Gasteiger partial charge in [0.25, 0.3) is 0 Å². The summed E-state index contributed by atoms with van der Waals surface area (Å²) in [4.78, 5) is 0. The van der Waals surface area contributed by atoms with Crippen LogP contribution in [-0.4, -0.2) is 31.5 Å². The van der Waals surface area contributed by atoms with Gasteiger partial charge in [0, 0.05) is 25.9 Å². The average molecular weight is 240 g/mol. The molecule has 0 aliphatic carbocycles. The Kier molecular flexibility index (Phi) is 4.56. The van der Waals surface area contributed by atoms with E-state index in [1.165, 1.54) is 0 Å². The highest BCUT2D eigenvalue weighted by Gasteiger charge is 2.40. The molecule has 2 heterocycles. The Hall–Kier alpha value is -0.420. The average Bonchev–Trinajstić information content (AvgIpc) is 2.37. The third-order valence-electron chi connectivity index (χ3n) is 4.14. The fraction of sp³-hybridized carbons (Fsp3) is 0.846. The van der Waals surface area contributed by atoms with Crippen molar-refractivity contribution >= 4 is 0 Å². The van der Waals surface area contributed by atoms with Gasteiger partial charge < -0.3 is 9.47 Å². The van der Waals surface area contributed by atoms with Gasteiger partial charge >= 0.3 is 0 Å². The molecule has 0 aromatic rings. The van der Waals surface area contributed by atoms with E-state index in [1.54, 1.807) is 0 Å². The summed E-state index contributed by atoms with van der Waals surface area (Å²) in [5.41, 5.74) is 2.99. The van der Waals surface area contributed by atoms with Crippen LogP contribution in [0.2, 0.25) is 0 Å². The van der Waals surface area contributed by atoms with Gasteiger partial charge in [-0.3, -0.25) is 11.3 Å². The maximum atomic E-state index is 6.04. The first kappa shape index (κ1) is 13.0. The second kappa shape index (κ2) is 5.96. The van der Waals surface area contributed by atoms with Gasteiger partial charge in [0.15, 0.2) is 0 Å². The summed E-state index contributed by atoms with van der Waals surface area (Å²) in [6, 6.07) is 0.330. The lowest BCUT2D eigenvalue weighted by Crippen LogP contribution is -2.50. The fourth-order valence-corrected chi connectivity index (χ4v) is 3.08. The van der Waals surface area contributed by atoms with E-state index in [4.69, 9.17) is 15.3 Å². The van der Waals surface area contributed by atoms with Crippen molar-refractivity contribution in [2.45, 2.75) is 43.7 Å². The van der Waals surface area contributed by atoms with Crippen LogP contribution in [0.4, 0.5) is 0 Å². The van der Waals surface area contributed by atoms with Crippen LogP contribution in [0.3, 0.4) is 0 Å². The van der Waals surface area contributed by atoms with Gasteiger partial charge in [0.05, 0.1) is 5.60 Å². The minimum absolute atomic E-state index is 0.0530. The molecule has 2 aliphatic heterocycles. The minimum Gasteiger partial charge on any atom is -0.381 e. The number of hydrogen-bond acceptors (Lipinski definition) is 4. The van der Waals surface area contributed by atoms with Crippen LogP contribution in [0.1, 0.15) is 32.1 Å². The second-order valence-corrected chi connectivity index (χ2v) is 5.19. The Morgan fingerprint density at radius 1 is 1.41 bits per heavy atom. The molecule has 2 aliphatic rings. The third-order valence-corrected chi connectivity index (χ3v) is 4.14. The predicted molar refractivity (Wildman–Crippen MR) is 67.4 cm³/mol. The first-order valence-electron chi connectivity index (χ1n) is 6.58. The number of nitrogens with one attached hydrogen (secondary N) is 1. The third kappa shape index (κ3) is 3.07. The Morgan fingerprint density at radius 2 is 2.18 bits per heavy atom. The van der Waals surface area contributed by atoms with Crippen molar-refractivity contribution < 1.29 is 9.47 Å². The van der Waals surface area contributed by atoms with E-state index < -0.39 is 0 Å². The van der Waals surface area contributed by atoms with E-state index >= 15 is 0 Å². The lowest BCUT2D eigenvalue weighted by molar-refractivity contribution is -0.150. The monoisotopic (exact) mass is 240 g/mol. The lowest BCUT2D eigenvalue weighted by atomic mass is 9.77. The molecule has 2 fully saturated rings. The lowest BCUT2D eigenvalue weighted by Gasteiger charge is -2.45. The molecule has 0 aromatic carbocycles. The topological polar surface area (TPSA) is 56.5 Å². The first-order chi connectivity index (χ1) is 8.29. The summed E-state index contributed by atoms with van der Waals surface area (Å²) < 4.78 is 11.5.